The molecule has 5 nitrogen and oxygen atoms in total. The quantitative estimate of drug-likeness (QED) is 0.816. The van der Waals surface area contributed by atoms with E-state index >= 15 is 0 Å². The maximum Gasteiger partial charge on any atom is 0.198 e. The fraction of sp³-hybridized carbons (Fsp3) is 0.333. The number of hydrogen-bond acceptors (Lipinski definition) is 5. The second kappa shape index (κ2) is 5.06. The molecule has 5 heteroatoms. The third kappa shape index (κ3) is 2.04. The van der Waals surface area contributed by atoms with Crippen LogP contribution in [-0.4, -0.2) is 30.6 Å². The molecule has 2 heterocycles. The first-order valence-corrected chi connectivity index (χ1v) is 7.57. The zero-order chi connectivity index (χ0) is 16.0. The van der Waals surface area contributed by atoms with Crippen molar-refractivity contribution in [1.29, 1.82) is 0 Å². The molecule has 0 N–H and O–H groups in total. The van der Waals surface area contributed by atoms with Gasteiger partial charge in [-0.05, 0) is 48.2 Å². The van der Waals surface area contributed by atoms with Gasteiger partial charge in [-0.3, -0.25) is 9.78 Å². The third-order valence-electron chi connectivity index (χ3n) is 4.71. The number of nitrogens with zero attached hydrogens (tertiary/aromatic N) is 1. The van der Waals surface area contributed by atoms with Crippen LogP contribution >= 0.6 is 0 Å². The number of fused-ring (bicyclic) bond motifs is 1. The standard InChI is InChI=1S/C18H17NO4/c1-21-14-9-12-3-6-18(16(20)13(12)10-15(14)22-2)17(23-18)11-4-7-19-8-5-11/h4-5,7-10,17H,3,6H2,1-2H3. The predicted molar refractivity (Wildman–Crippen MR) is 83.0 cm³/mol. The van der Waals surface area contributed by atoms with Crippen LogP contribution in [-0.2, 0) is 11.2 Å². The van der Waals surface area contributed by atoms with Gasteiger partial charge in [-0.15, -0.1) is 0 Å². The summed E-state index contributed by atoms with van der Waals surface area (Å²) < 4.78 is 16.5. The Labute approximate surface area is 134 Å². The zero-order valence-corrected chi connectivity index (χ0v) is 13.0. The van der Waals surface area contributed by atoms with Crippen molar-refractivity contribution in [3.05, 3.63) is 53.3 Å². The van der Waals surface area contributed by atoms with Crippen LogP contribution in [0.4, 0.5) is 0 Å². The van der Waals surface area contributed by atoms with Crippen molar-refractivity contribution in [1.82, 2.24) is 4.98 Å². The summed E-state index contributed by atoms with van der Waals surface area (Å²) in [5, 5.41) is 0. The maximum absolute atomic E-state index is 13.0. The molecule has 118 valence electrons. The molecule has 2 unspecified atom stereocenters. The summed E-state index contributed by atoms with van der Waals surface area (Å²) in [7, 11) is 3.17. The molecule has 2 aromatic rings. The Kier molecular flexibility index (Phi) is 3.13. The van der Waals surface area contributed by atoms with E-state index < -0.39 is 5.60 Å². The number of carbonyl (C=O) groups is 1. The first kappa shape index (κ1) is 14.2. The number of epoxide rings is 1. The van der Waals surface area contributed by atoms with Crippen molar-refractivity contribution in [3.63, 3.8) is 0 Å². The van der Waals surface area contributed by atoms with E-state index in [1.165, 1.54) is 0 Å². The molecule has 1 fully saturated rings. The molecule has 0 amide bonds. The third-order valence-corrected chi connectivity index (χ3v) is 4.71. The Balaban J connectivity index is 1.71. The van der Waals surface area contributed by atoms with Gasteiger partial charge in [0.2, 0.25) is 0 Å². The molecule has 2 atom stereocenters. The van der Waals surface area contributed by atoms with Crippen LogP contribution in [0.3, 0.4) is 0 Å². The smallest absolute Gasteiger partial charge is 0.198 e. The van der Waals surface area contributed by atoms with Gasteiger partial charge in [0.1, 0.15) is 6.10 Å². The Morgan fingerprint density at radius 1 is 1.17 bits per heavy atom. The molecule has 0 bridgehead atoms. The zero-order valence-electron chi connectivity index (χ0n) is 13.0. The average molecular weight is 311 g/mol. The molecule has 2 aliphatic rings. The number of benzene rings is 1. The molecule has 1 saturated heterocycles. The normalized spacial score (nSPS) is 25.1. The summed E-state index contributed by atoms with van der Waals surface area (Å²) in [6.45, 7) is 0. The molecule has 1 aliphatic carbocycles. The lowest BCUT2D eigenvalue weighted by Crippen LogP contribution is -2.31. The van der Waals surface area contributed by atoms with Crippen molar-refractivity contribution < 1.29 is 19.0 Å². The highest BCUT2D eigenvalue weighted by Crippen LogP contribution is 2.56. The van der Waals surface area contributed by atoms with Crippen molar-refractivity contribution >= 4 is 5.78 Å². The number of aromatic nitrogens is 1. The number of Topliss-reactive ketones (excluding diaryl/α,β-unsaturated/α-hetero) is 1. The van der Waals surface area contributed by atoms with Gasteiger partial charge in [0, 0.05) is 18.0 Å². The number of pyridine rings is 1. The molecular formula is C18H17NO4. The van der Waals surface area contributed by atoms with Crippen LogP contribution in [0.15, 0.2) is 36.7 Å². The van der Waals surface area contributed by atoms with Gasteiger partial charge in [-0.25, -0.2) is 0 Å². The van der Waals surface area contributed by atoms with E-state index in [0.717, 1.165) is 17.5 Å². The second-order valence-electron chi connectivity index (χ2n) is 5.86. The van der Waals surface area contributed by atoms with Crippen molar-refractivity contribution in [2.75, 3.05) is 14.2 Å². The van der Waals surface area contributed by atoms with Crippen LogP contribution < -0.4 is 9.47 Å². The lowest BCUT2D eigenvalue weighted by molar-refractivity contribution is 0.0849. The molecule has 0 radical (unpaired) electrons. The molecule has 23 heavy (non-hydrogen) atoms. The predicted octanol–water partition coefficient (Wildman–Crippen LogP) is 2.74. The van der Waals surface area contributed by atoms with Gasteiger partial charge in [0.25, 0.3) is 0 Å². The number of methoxy groups -OCH3 is 2. The van der Waals surface area contributed by atoms with Gasteiger partial charge < -0.3 is 14.2 Å². The molecule has 1 aromatic carbocycles. The van der Waals surface area contributed by atoms with E-state index in [2.05, 4.69) is 4.98 Å². The minimum absolute atomic E-state index is 0.0292. The lowest BCUT2D eigenvalue weighted by atomic mass is 9.79. The topological polar surface area (TPSA) is 61.0 Å². The Morgan fingerprint density at radius 2 is 1.87 bits per heavy atom. The minimum atomic E-state index is -0.728. The van der Waals surface area contributed by atoms with Crippen molar-refractivity contribution in [2.45, 2.75) is 24.5 Å². The number of ether oxygens (including phenoxy) is 3. The first-order chi connectivity index (χ1) is 11.2. The highest BCUT2D eigenvalue weighted by Gasteiger charge is 2.64. The van der Waals surface area contributed by atoms with Gasteiger partial charge in [0.15, 0.2) is 22.9 Å². The first-order valence-electron chi connectivity index (χ1n) is 7.57. The number of rotatable bonds is 3. The molecule has 4 rings (SSSR count). The van der Waals surface area contributed by atoms with Gasteiger partial charge in [-0.1, -0.05) is 0 Å². The number of hydrogen-bond donors (Lipinski definition) is 0. The fourth-order valence-electron chi connectivity index (χ4n) is 3.42. The minimum Gasteiger partial charge on any atom is -0.493 e. The van der Waals surface area contributed by atoms with Gasteiger partial charge in [0.05, 0.1) is 14.2 Å². The Bertz CT molecular complexity index is 774. The van der Waals surface area contributed by atoms with E-state index in [4.69, 9.17) is 14.2 Å². The van der Waals surface area contributed by atoms with Crippen LogP contribution in [0.2, 0.25) is 0 Å². The largest absolute Gasteiger partial charge is 0.493 e. The van der Waals surface area contributed by atoms with Crippen LogP contribution in [0.25, 0.3) is 0 Å². The Morgan fingerprint density at radius 3 is 2.57 bits per heavy atom. The van der Waals surface area contributed by atoms with Crippen molar-refractivity contribution in [3.8, 4) is 11.5 Å². The van der Waals surface area contributed by atoms with E-state index in [1.54, 1.807) is 32.7 Å². The molecular weight excluding hydrogens is 294 g/mol. The summed E-state index contributed by atoms with van der Waals surface area (Å²) in [4.78, 5) is 17.0. The molecule has 1 spiro atoms. The van der Waals surface area contributed by atoms with Crippen molar-refractivity contribution in [2.24, 2.45) is 0 Å². The SMILES string of the molecule is COc1cc2c(cc1OC)C(=O)C1(CC2)OC1c1ccncc1. The summed E-state index contributed by atoms with van der Waals surface area (Å²) in [5.41, 5.74) is 1.93. The summed E-state index contributed by atoms with van der Waals surface area (Å²) >= 11 is 0. The molecule has 1 aliphatic heterocycles. The van der Waals surface area contributed by atoms with E-state index in [0.29, 0.717) is 23.5 Å². The average Bonchev–Trinajstić information content (AvgIpc) is 3.34. The van der Waals surface area contributed by atoms with E-state index in [1.807, 2.05) is 18.2 Å². The second-order valence-corrected chi connectivity index (χ2v) is 5.86. The number of ketones is 1. The Hall–Kier alpha value is -2.40. The number of carbonyl (C=O) groups excluding carboxylic acids is 1. The summed E-state index contributed by atoms with van der Waals surface area (Å²) in [6.07, 6.45) is 4.73. The highest BCUT2D eigenvalue weighted by molar-refractivity contribution is 6.07. The fourth-order valence-corrected chi connectivity index (χ4v) is 3.42. The van der Waals surface area contributed by atoms with Crippen LogP contribution in [0.1, 0.15) is 34.0 Å². The van der Waals surface area contributed by atoms with E-state index in [9.17, 15) is 4.79 Å². The maximum atomic E-state index is 13.0. The molecule has 0 saturated carbocycles. The highest BCUT2D eigenvalue weighted by atomic mass is 16.6. The van der Waals surface area contributed by atoms with Crippen LogP contribution in [0, 0.1) is 0 Å². The molecule has 1 aromatic heterocycles. The van der Waals surface area contributed by atoms with Gasteiger partial charge in [-0.2, -0.15) is 0 Å². The number of aryl methyl sites for hydroxylation is 1. The van der Waals surface area contributed by atoms with E-state index in [-0.39, 0.29) is 11.9 Å². The van der Waals surface area contributed by atoms with Crippen LogP contribution in [0.5, 0.6) is 11.5 Å². The summed E-state index contributed by atoms with van der Waals surface area (Å²) in [5.74, 6) is 1.25. The lowest BCUT2D eigenvalue weighted by Gasteiger charge is -2.22. The van der Waals surface area contributed by atoms with Gasteiger partial charge >= 0.3 is 0 Å². The summed E-state index contributed by atoms with van der Waals surface area (Å²) in [6, 6.07) is 7.46. The monoisotopic (exact) mass is 311 g/mol.